The Morgan fingerprint density at radius 3 is 2.50 bits per heavy atom. The SMILES string of the molecule is CC(OC1CCCCCC1)C(=O)NCC(N)c1ccccc1. The first-order chi connectivity index (χ1) is 10.7. The average Bonchev–Trinajstić information content (AvgIpc) is 2.81. The normalized spacial score (nSPS) is 19.2. The maximum Gasteiger partial charge on any atom is 0.248 e. The Morgan fingerprint density at radius 1 is 1.23 bits per heavy atom. The predicted octanol–water partition coefficient (Wildman–Crippen LogP) is 2.93. The van der Waals surface area contributed by atoms with Crippen LogP contribution in [-0.4, -0.2) is 24.7 Å². The Balaban J connectivity index is 1.74. The van der Waals surface area contributed by atoms with Crippen LogP contribution in [-0.2, 0) is 9.53 Å². The number of carbonyl (C=O) groups is 1. The van der Waals surface area contributed by atoms with E-state index in [0.29, 0.717) is 6.54 Å². The number of amides is 1. The van der Waals surface area contributed by atoms with Gasteiger partial charge < -0.3 is 15.8 Å². The fourth-order valence-corrected chi connectivity index (χ4v) is 2.90. The van der Waals surface area contributed by atoms with Gasteiger partial charge in [-0.05, 0) is 25.3 Å². The van der Waals surface area contributed by atoms with Gasteiger partial charge in [-0.3, -0.25) is 4.79 Å². The fraction of sp³-hybridized carbons (Fsp3) is 0.611. The summed E-state index contributed by atoms with van der Waals surface area (Å²) >= 11 is 0. The molecule has 0 aliphatic heterocycles. The Hall–Kier alpha value is -1.39. The molecule has 4 heteroatoms. The van der Waals surface area contributed by atoms with Gasteiger partial charge in [-0.25, -0.2) is 0 Å². The van der Waals surface area contributed by atoms with Crippen LogP contribution in [0.15, 0.2) is 30.3 Å². The summed E-state index contributed by atoms with van der Waals surface area (Å²) in [5.41, 5.74) is 7.12. The molecule has 22 heavy (non-hydrogen) atoms. The minimum Gasteiger partial charge on any atom is -0.365 e. The first kappa shape index (κ1) is 17.0. The maximum absolute atomic E-state index is 12.1. The molecule has 0 saturated heterocycles. The van der Waals surface area contributed by atoms with E-state index in [9.17, 15) is 4.79 Å². The van der Waals surface area contributed by atoms with Gasteiger partial charge in [0.05, 0.1) is 6.10 Å². The van der Waals surface area contributed by atoms with Crippen LogP contribution in [0, 0.1) is 0 Å². The monoisotopic (exact) mass is 304 g/mol. The lowest BCUT2D eigenvalue weighted by molar-refractivity contribution is -0.135. The third-order valence-corrected chi connectivity index (χ3v) is 4.29. The third-order valence-electron chi connectivity index (χ3n) is 4.29. The molecule has 4 nitrogen and oxygen atoms in total. The molecule has 2 unspecified atom stereocenters. The number of ether oxygens (including phenoxy) is 1. The third kappa shape index (κ3) is 5.43. The quantitative estimate of drug-likeness (QED) is 0.794. The van der Waals surface area contributed by atoms with Gasteiger partial charge >= 0.3 is 0 Å². The van der Waals surface area contributed by atoms with Crippen molar-refractivity contribution < 1.29 is 9.53 Å². The Morgan fingerprint density at radius 2 is 1.86 bits per heavy atom. The number of nitrogens with two attached hydrogens (primary N) is 1. The van der Waals surface area contributed by atoms with Gasteiger partial charge in [0.2, 0.25) is 5.91 Å². The van der Waals surface area contributed by atoms with E-state index < -0.39 is 6.10 Å². The molecule has 0 bridgehead atoms. The van der Waals surface area contributed by atoms with Crippen LogP contribution in [0.1, 0.15) is 57.1 Å². The highest BCUT2D eigenvalue weighted by Gasteiger charge is 2.20. The van der Waals surface area contributed by atoms with Gasteiger partial charge in [-0.15, -0.1) is 0 Å². The smallest absolute Gasteiger partial charge is 0.248 e. The summed E-state index contributed by atoms with van der Waals surface area (Å²) in [6.07, 6.45) is 6.94. The Kier molecular flexibility index (Phi) is 6.87. The van der Waals surface area contributed by atoms with Crippen molar-refractivity contribution >= 4 is 5.91 Å². The summed E-state index contributed by atoms with van der Waals surface area (Å²) in [5, 5.41) is 2.90. The molecule has 122 valence electrons. The minimum absolute atomic E-state index is 0.0735. The van der Waals surface area contributed by atoms with Gasteiger partial charge in [-0.2, -0.15) is 0 Å². The van der Waals surface area contributed by atoms with Crippen LogP contribution in [0.4, 0.5) is 0 Å². The van der Waals surface area contributed by atoms with Gasteiger partial charge in [-0.1, -0.05) is 56.0 Å². The molecule has 0 aromatic heterocycles. The van der Waals surface area contributed by atoms with E-state index in [2.05, 4.69) is 5.32 Å². The molecule has 0 radical (unpaired) electrons. The number of carbonyl (C=O) groups excluding carboxylic acids is 1. The van der Waals surface area contributed by atoms with E-state index in [-0.39, 0.29) is 18.1 Å². The van der Waals surface area contributed by atoms with E-state index in [1.807, 2.05) is 37.3 Å². The molecule has 1 fully saturated rings. The summed E-state index contributed by atoms with van der Waals surface area (Å²) in [4.78, 5) is 12.1. The molecule has 3 N–H and O–H groups in total. The minimum atomic E-state index is -0.411. The van der Waals surface area contributed by atoms with E-state index in [4.69, 9.17) is 10.5 Å². The van der Waals surface area contributed by atoms with Crippen LogP contribution in [0.5, 0.6) is 0 Å². The second kappa shape index (κ2) is 8.91. The van der Waals surface area contributed by atoms with Crippen molar-refractivity contribution in [3.63, 3.8) is 0 Å². The molecule has 0 heterocycles. The van der Waals surface area contributed by atoms with Crippen LogP contribution in [0.25, 0.3) is 0 Å². The van der Waals surface area contributed by atoms with Crippen molar-refractivity contribution in [2.45, 2.75) is 63.7 Å². The number of nitrogens with one attached hydrogen (secondary N) is 1. The summed E-state index contributed by atoms with van der Waals surface area (Å²) in [5.74, 6) is -0.0735. The molecule has 1 aromatic carbocycles. The van der Waals surface area contributed by atoms with Crippen molar-refractivity contribution in [1.82, 2.24) is 5.32 Å². The highest BCUT2D eigenvalue weighted by atomic mass is 16.5. The molecule has 2 atom stereocenters. The van der Waals surface area contributed by atoms with Crippen LogP contribution < -0.4 is 11.1 Å². The summed E-state index contributed by atoms with van der Waals surface area (Å²) < 4.78 is 5.92. The van der Waals surface area contributed by atoms with E-state index in [1.54, 1.807) is 0 Å². The first-order valence-electron chi connectivity index (χ1n) is 8.40. The van der Waals surface area contributed by atoms with Crippen molar-refractivity contribution in [1.29, 1.82) is 0 Å². The first-order valence-corrected chi connectivity index (χ1v) is 8.40. The van der Waals surface area contributed by atoms with Crippen LogP contribution >= 0.6 is 0 Å². The molecule has 1 aromatic rings. The summed E-state index contributed by atoms with van der Waals surface area (Å²) in [7, 11) is 0. The lowest BCUT2D eigenvalue weighted by atomic mass is 10.1. The Labute approximate surface area is 133 Å². The zero-order valence-electron chi connectivity index (χ0n) is 13.5. The number of hydrogen-bond acceptors (Lipinski definition) is 3. The number of rotatable bonds is 6. The maximum atomic E-state index is 12.1. The largest absolute Gasteiger partial charge is 0.365 e. The standard InChI is InChI=1S/C18H28N2O2/c1-14(22-16-11-7-2-3-8-12-16)18(21)20-13-17(19)15-9-5-4-6-10-15/h4-6,9-10,14,16-17H,2-3,7-8,11-13,19H2,1H3,(H,20,21). The topological polar surface area (TPSA) is 64.3 Å². The fourth-order valence-electron chi connectivity index (χ4n) is 2.90. The van der Waals surface area contributed by atoms with Crippen molar-refractivity contribution in [2.24, 2.45) is 5.73 Å². The zero-order valence-corrected chi connectivity index (χ0v) is 13.5. The van der Waals surface area contributed by atoms with Crippen molar-refractivity contribution in [2.75, 3.05) is 6.54 Å². The zero-order chi connectivity index (χ0) is 15.8. The Bertz CT molecular complexity index is 442. The second-order valence-corrected chi connectivity index (χ2v) is 6.15. The van der Waals surface area contributed by atoms with E-state index >= 15 is 0 Å². The van der Waals surface area contributed by atoms with Crippen LogP contribution in [0.3, 0.4) is 0 Å². The molecule has 1 saturated carbocycles. The van der Waals surface area contributed by atoms with E-state index in [0.717, 1.165) is 18.4 Å². The molecule has 2 rings (SSSR count). The molecule has 1 aliphatic rings. The average molecular weight is 304 g/mol. The molecule has 0 spiro atoms. The van der Waals surface area contributed by atoms with Crippen molar-refractivity contribution in [3.8, 4) is 0 Å². The predicted molar refractivity (Wildman–Crippen MR) is 88.4 cm³/mol. The van der Waals surface area contributed by atoms with Gasteiger partial charge in [0.15, 0.2) is 0 Å². The summed E-state index contributed by atoms with van der Waals surface area (Å²) in [6, 6.07) is 9.63. The molecular formula is C18H28N2O2. The van der Waals surface area contributed by atoms with E-state index in [1.165, 1.54) is 25.7 Å². The van der Waals surface area contributed by atoms with Gasteiger partial charge in [0, 0.05) is 12.6 Å². The molecular weight excluding hydrogens is 276 g/mol. The van der Waals surface area contributed by atoms with Gasteiger partial charge in [0.1, 0.15) is 6.10 Å². The summed E-state index contributed by atoms with van der Waals surface area (Å²) in [6.45, 7) is 2.26. The second-order valence-electron chi connectivity index (χ2n) is 6.15. The molecule has 1 aliphatic carbocycles. The highest BCUT2D eigenvalue weighted by molar-refractivity contribution is 5.80. The number of hydrogen-bond donors (Lipinski definition) is 2. The lowest BCUT2D eigenvalue weighted by Crippen LogP contribution is -2.40. The highest BCUT2D eigenvalue weighted by Crippen LogP contribution is 2.21. The number of benzene rings is 1. The van der Waals surface area contributed by atoms with Gasteiger partial charge in [0.25, 0.3) is 0 Å². The molecule has 1 amide bonds. The van der Waals surface area contributed by atoms with Crippen LogP contribution in [0.2, 0.25) is 0 Å². The lowest BCUT2D eigenvalue weighted by Gasteiger charge is -2.21. The van der Waals surface area contributed by atoms with Crippen molar-refractivity contribution in [3.05, 3.63) is 35.9 Å².